The molecule has 1 aromatic heterocycles. The highest BCUT2D eigenvalue weighted by molar-refractivity contribution is 6.22. The molecule has 0 radical (unpaired) electrons. The molecule has 94 valence electrons. The highest BCUT2D eigenvalue weighted by atomic mass is 35.5. The minimum absolute atomic E-state index is 0.270. The molecule has 0 aliphatic heterocycles. The number of halogens is 2. The fourth-order valence-corrected chi connectivity index (χ4v) is 2.90. The number of alkyl halides is 2. The molecule has 2 rings (SSSR count). The first-order valence-electron chi connectivity index (χ1n) is 5.97. The Bertz CT molecular complexity index is 383. The third-order valence-electron chi connectivity index (χ3n) is 3.45. The molecule has 3 nitrogen and oxygen atoms in total. The molecule has 0 fully saturated rings. The van der Waals surface area contributed by atoms with Crippen LogP contribution in [0.2, 0.25) is 0 Å². The quantitative estimate of drug-likeness (QED) is 0.839. The number of rotatable bonds is 5. The summed E-state index contributed by atoms with van der Waals surface area (Å²) in [5, 5.41) is 3.43. The molecular weight excluding hydrogens is 257 g/mol. The number of aromatic nitrogens is 2. The van der Waals surface area contributed by atoms with Gasteiger partial charge >= 0.3 is 0 Å². The van der Waals surface area contributed by atoms with E-state index in [4.69, 9.17) is 23.2 Å². The monoisotopic (exact) mass is 273 g/mol. The molecule has 0 amide bonds. The first-order valence-corrected chi connectivity index (χ1v) is 7.04. The van der Waals surface area contributed by atoms with E-state index in [1.807, 2.05) is 0 Å². The van der Waals surface area contributed by atoms with Gasteiger partial charge in [-0.15, -0.1) is 23.2 Å². The van der Waals surface area contributed by atoms with E-state index >= 15 is 0 Å². The molecule has 17 heavy (non-hydrogen) atoms. The molecule has 0 atom stereocenters. The maximum Gasteiger partial charge on any atom is 0.133 e. The van der Waals surface area contributed by atoms with E-state index < -0.39 is 0 Å². The lowest BCUT2D eigenvalue weighted by Crippen LogP contribution is -2.42. The molecule has 1 aromatic rings. The Labute approximate surface area is 112 Å². The van der Waals surface area contributed by atoms with Crippen LogP contribution in [0.15, 0.2) is 6.33 Å². The van der Waals surface area contributed by atoms with Crippen molar-refractivity contribution in [3.8, 4) is 0 Å². The summed E-state index contributed by atoms with van der Waals surface area (Å²) < 4.78 is 0. The average molecular weight is 274 g/mol. The van der Waals surface area contributed by atoms with Crippen LogP contribution >= 0.6 is 23.2 Å². The van der Waals surface area contributed by atoms with Gasteiger partial charge in [0, 0.05) is 23.0 Å². The zero-order valence-electron chi connectivity index (χ0n) is 9.97. The first-order chi connectivity index (χ1) is 8.24. The Morgan fingerprint density at radius 1 is 1.29 bits per heavy atom. The van der Waals surface area contributed by atoms with Crippen molar-refractivity contribution in [2.24, 2.45) is 0 Å². The van der Waals surface area contributed by atoms with Crippen molar-refractivity contribution in [3.05, 3.63) is 17.6 Å². The Morgan fingerprint density at radius 2 is 2.06 bits per heavy atom. The minimum atomic E-state index is -0.270. The lowest BCUT2D eigenvalue weighted by molar-refractivity contribution is 0.556. The van der Waals surface area contributed by atoms with E-state index in [0.29, 0.717) is 11.8 Å². The van der Waals surface area contributed by atoms with Crippen molar-refractivity contribution in [2.45, 2.75) is 38.1 Å². The van der Waals surface area contributed by atoms with E-state index in [1.165, 1.54) is 5.56 Å². The molecule has 1 heterocycles. The van der Waals surface area contributed by atoms with Gasteiger partial charge in [-0.2, -0.15) is 0 Å². The van der Waals surface area contributed by atoms with Gasteiger partial charge in [0.2, 0.25) is 0 Å². The van der Waals surface area contributed by atoms with Crippen LogP contribution in [0.3, 0.4) is 0 Å². The molecule has 5 heteroatoms. The van der Waals surface area contributed by atoms with Crippen molar-refractivity contribution in [1.82, 2.24) is 9.97 Å². The van der Waals surface area contributed by atoms with E-state index in [-0.39, 0.29) is 5.54 Å². The number of hydrogen-bond acceptors (Lipinski definition) is 3. The van der Waals surface area contributed by atoms with Crippen molar-refractivity contribution in [1.29, 1.82) is 0 Å². The fraction of sp³-hybridized carbons (Fsp3) is 0.667. The van der Waals surface area contributed by atoms with E-state index in [0.717, 1.165) is 37.2 Å². The van der Waals surface area contributed by atoms with Crippen LogP contribution in [0.4, 0.5) is 5.82 Å². The second kappa shape index (κ2) is 5.40. The van der Waals surface area contributed by atoms with E-state index in [2.05, 4.69) is 22.2 Å². The molecule has 1 aliphatic rings. The highest BCUT2D eigenvalue weighted by Gasteiger charge is 2.28. The van der Waals surface area contributed by atoms with Gasteiger partial charge < -0.3 is 5.32 Å². The number of anilines is 1. The number of fused-ring (bicyclic) bond motifs is 1. The largest absolute Gasteiger partial charge is 0.362 e. The maximum absolute atomic E-state index is 6.04. The van der Waals surface area contributed by atoms with Gasteiger partial charge in [-0.05, 0) is 25.7 Å². The van der Waals surface area contributed by atoms with Gasteiger partial charge in [0.15, 0.2) is 0 Å². The number of nitrogens with zero attached hydrogens (tertiary/aromatic N) is 2. The third-order valence-corrected chi connectivity index (χ3v) is 4.47. The zero-order chi connectivity index (χ0) is 12.3. The molecule has 0 bridgehead atoms. The number of hydrogen-bond donors (Lipinski definition) is 1. The fourth-order valence-electron chi connectivity index (χ4n) is 2.10. The van der Waals surface area contributed by atoms with Crippen molar-refractivity contribution in [2.75, 3.05) is 17.1 Å². The third kappa shape index (κ3) is 2.50. The molecule has 0 saturated heterocycles. The van der Waals surface area contributed by atoms with Gasteiger partial charge in [-0.1, -0.05) is 6.92 Å². The van der Waals surface area contributed by atoms with Crippen LogP contribution in [0.25, 0.3) is 0 Å². The highest BCUT2D eigenvalue weighted by Crippen LogP contribution is 2.29. The molecule has 0 spiro atoms. The van der Waals surface area contributed by atoms with Crippen LogP contribution in [0.5, 0.6) is 0 Å². The van der Waals surface area contributed by atoms with Crippen molar-refractivity contribution >= 4 is 29.0 Å². The van der Waals surface area contributed by atoms with Crippen LogP contribution in [-0.2, 0) is 12.8 Å². The van der Waals surface area contributed by atoms with Crippen LogP contribution in [-0.4, -0.2) is 27.3 Å². The summed E-state index contributed by atoms with van der Waals surface area (Å²) in [5.41, 5.74) is 2.13. The van der Waals surface area contributed by atoms with Gasteiger partial charge in [0.1, 0.15) is 12.1 Å². The Balaban J connectivity index is 2.26. The van der Waals surface area contributed by atoms with Gasteiger partial charge in [-0.3, -0.25) is 0 Å². The SMILES string of the molecule is CCC(CCl)(CCl)Nc1ncnc2c1CCC2. The van der Waals surface area contributed by atoms with Crippen molar-refractivity contribution in [3.63, 3.8) is 0 Å². The van der Waals surface area contributed by atoms with Gasteiger partial charge in [0.25, 0.3) is 0 Å². The summed E-state index contributed by atoms with van der Waals surface area (Å²) in [4.78, 5) is 8.65. The van der Waals surface area contributed by atoms with Crippen molar-refractivity contribution < 1.29 is 0 Å². The predicted molar refractivity (Wildman–Crippen MR) is 72.1 cm³/mol. The zero-order valence-corrected chi connectivity index (χ0v) is 11.5. The smallest absolute Gasteiger partial charge is 0.133 e. The maximum atomic E-state index is 6.04. The molecule has 1 aliphatic carbocycles. The lowest BCUT2D eigenvalue weighted by Gasteiger charge is -2.30. The summed E-state index contributed by atoms with van der Waals surface area (Å²) in [7, 11) is 0. The van der Waals surface area contributed by atoms with E-state index in [1.54, 1.807) is 6.33 Å². The molecular formula is C12H17Cl2N3. The summed E-state index contributed by atoms with van der Waals surface area (Å²) in [6.45, 7) is 2.08. The van der Waals surface area contributed by atoms with Crippen LogP contribution in [0, 0.1) is 0 Å². The van der Waals surface area contributed by atoms with Crippen LogP contribution < -0.4 is 5.32 Å². The summed E-state index contributed by atoms with van der Waals surface area (Å²) >= 11 is 12.1. The molecule has 0 unspecified atom stereocenters. The molecule has 0 saturated carbocycles. The number of aryl methyl sites for hydroxylation is 1. The molecule has 0 aromatic carbocycles. The summed E-state index contributed by atoms with van der Waals surface area (Å²) in [6.07, 6.45) is 5.74. The Kier molecular flexibility index (Phi) is 4.10. The van der Waals surface area contributed by atoms with Gasteiger partial charge in [0.05, 0.1) is 5.54 Å². The van der Waals surface area contributed by atoms with Crippen LogP contribution in [0.1, 0.15) is 31.0 Å². The predicted octanol–water partition coefficient (Wildman–Crippen LogP) is 3.00. The van der Waals surface area contributed by atoms with E-state index in [9.17, 15) is 0 Å². The summed E-state index contributed by atoms with van der Waals surface area (Å²) in [5.74, 6) is 1.87. The minimum Gasteiger partial charge on any atom is -0.362 e. The Hall–Kier alpha value is -0.540. The second-order valence-corrected chi connectivity index (χ2v) is 5.06. The Morgan fingerprint density at radius 3 is 2.71 bits per heavy atom. The normalized spacial score (nSPS) is 14.8. The standard InChI is InChI=1S/C12H17Cl2N3/c1-2-12(6-13,7-14)17-11-9-4-3-5-10(9)15-8-16-11/h8H,2-7H2,1H3,(H,15,16,17). The topological polar surface area (TPSA) is 37.8 Å². The first kappa shape index (κ1) is 12.9. The second-order valence-electron chi connectivity index (χ2n) is 4.53. The lowest BCUT2D eigenvalue weighted by atomic mass is 10.0. The number of nitrogens with one attached hydrogen (secondary N) is 1. The van der Waals surface area contributed by atoms with Gasteiger partial charge in [-0.25, -0.2) is 9.97 Å². The average Bonchev–Trinajstić information content (AvgIpc) is 2.85. The summed E-state index contributed by atoms with van der Waals surface area (Å²) in [6, 6.07) is 0. The molecule has 1 N–H and O–H groups in total.